The molecule has 1 saturated carbocycles. The fourth-order valence-corrected chi connectivity index (χ4v) is 5.54. The van der Waals surface area contributed by atoms with Crippen molar-refractivity contribution in [2.24, 2.45) is 0 Å². The minimum atomic E-state index is -0.569. The number of hydrogen-bond donors (Lipinski definition) is 2. The predicted octanol–water partition coefficient (Wildman–Crippen LogP) is 4.41. The van der Waals surface area contributed by atoms with E-state index < -0.39 is 5.82 Å². The van der Waals surface area contributed by atoms with Crippen molar-refractivity contribution in [1.82, 2.24) is 35.1 Å². The summed E-state index contributed by atoms with van der Waals surface area (Å²) in [6, 6.07) is 7.93. The lowest BCUT2D eigenvalue weighted by molar-refractivity contribution is 0.151. The van der Waals surface area contributed by atoms with Gasteiger partial charge in [-0.1, -0.05) is 5.21 Å². The van der Waals surface area contributed by atoms with E-state index in [-0.39, 0.29) is 17.8 Å². The topological polar surface area (TPSA) is 100 Å². The second-order valence-electron chi connectivity index (χ2n) is 10.1. The molecule has 2 aliphatic rings. The first kappa shape index (κ1) is 25.7. The van der Waals surface area contributed by atoms with Gasteiger partial charge in [0, 0.05) is 69.3 Å². The number of hydrogen-bond acceptors (Lipinski definition) is 8. The van der Waals surface area contributed by atoms with E-state index >= 15 is 0 Å². The summed E-state index contributed by atoms with van der Waals surface area (Å²) >= 11 is 1.48. The number of likely N-dealkylation sites (N-methyl/N-ethyl adjacent to an activating group) is 1. The highest BCUT2D eigenvalue weighted by molar-refractivity contribution is 7.22. The van der Waals surface area contributed by atoms with Gasteiger partial charge < -0.3 is 25.2 Å². The Morgan fingerprint density at radius 1 is 1.13 bits per heavy atom. The molecule has 0 radical (unpaired) electrons. The molecule has 4 heterocycles. The van der Waals surface area contributed by atoms with Gasteiger partial charge in [0.25, 0.3) is 0 Å². The van der Waals surface area contributed by atoms with Crippen LogP contribution < -0.4 is 15.4 Å². The Morgan fingerprint density at radius 2 is 1.97 bits per heavy atom. The van der Waals surface area contributed by atoms with Gasteiger partial charge in [-0.2, -0.15) is 0 Å². The SMILES string of the molecule is CN1CCN(CCCn2cc(-c3cc4nccc(Oc5ccc(NC(=O)NC6CC6)cc5F)c4s3)nn2)CC1. The molecule has 1 aliphatic carbocycles. The number of halogens is 1. The molecule has 0 spiro atoms. The molecule has 3 aromatic heterocycles. The summed E-state index contributed by atoms with van der Waals surface area (Å²) in [5, 5.41) is 14.2. The molecule has 2 fully saturated rings. The number of anilines is 1. The molecule has 4 aromatic rings. The van der Waals surface area contributed by atoms with Gasteiger partial charge in [-0.3, -0.25) is 9.67 Å². The van der Waals surface area contributed by atoms with Crippen molar-refractivity contribution in [1.29, 1.82) is 0 Å². The van der Waals surface area contributed by atoms with Crippen LogP contribution in [0.2, 0.25) is 0 Å². The van der Waals surface area contributed by atoms with E-state index in [2.05, 4.69) is 42.8 Å². The molecular weight excluding hydrogens is 519 g/mol. The molecule has 0 atom stereocenters. The third-order valence-electron chi connectivity index (χ3n) is 6.95. The summed E-state index contributed by atoms with van der Waals surface area (Å²) in [6.07, 6.45) is 6.58. The number of nitrogens with zero attached hydrogens (tertiary/aromatic N) is 6. The van der Waals surface area contributed by atoms with Crippen LogP contribution in [0, 0.1) is 5.82 Å². The molecule has 1 aromatic carbocycles. The Bertz CT molecular complexity index is 1460. The number of carbonyl (C=O) groups excluding carboxylic acids is 1. The van der Waals surface area contributed by atoms with Crippen molar-refractivity contribution in [2.75, 3.05) is 45.1 Å². The zero-order valence-electron chi connectivity index (χ0n) is 21.8. The fraction of sp³-hybridized carbons (Fsp3) is 0.407. The molecule has 39 heavy (non-hydrogen) atoms. The van der Waals surface area contributed by atoms with Crippen molar-refractivity contribution in [3.8, 4) is 22.1 Å². The molecule has 2 N–H and O–H groups in total. The molecule has 0 bridgehead atoms. The van der Waals surface area contributed by atoms with Crippen molar-refractivity contribution < 1.29 is 13.9 Å². The van der Waals surface area contributed by atoms with Gasteiger partial charge in [-0.05, 0) is 44.5 Å². The van der Waals surface area contributed by atoms with Gasteiger partial charge in [0.1, 0.15) is 11.4 Å². The van der Waals surface area contributed by atoms with E-state index in [4.69, 9.17) is 4.74 Å². The van der Waals surface area contributed by atoms with Crippen LogP contribution in [-0.4, -0.2) is 81.6 Å². The number of pyridine rings is 1. The van der Waals surface area contributed by atoms with Crippen LogP contribution in [0.5, 0.6) is 11.5 Å². The molecule has 6 rings (SSSR count). The Morgan fingerprint density at radius 3 is 2.77 bits per heavy atom. The van der Waals surface area contributed by atoms with Gasteiger partial charge in [0.2, 0.25) is 0 Å². The van der Waals surface area contributed by atoms with E-state index in [1.165, 1.54) is 23.5 Å². The van der Waals surface area contributed by atoms with E-state index in [0.29, 0.717) is 11.4 Å². The number of nitrogens with one attached hydrogen (secondary N) is 2. The molecule has 1 saturated heterocycles. The smallest absolute Gasteiger partial charge is 0.319 e. The minimum absolute atomic E-state index is 0.0666. The first-order valence-corrected chi connectivity index (χ1v) is 14.1. The van der Waals surface area contributed by atoms with E-state index in [1.54, 1.807) is 18.3 Å². The maximum Gasteiger partial charge on any atom is 0.319 e. The van der Waals surface area contributed by atoms with Gasteiger partial charge in [-0.25, -0.2) is 9.18 Å². The van der Waals surface area contributed by atoms with Crippen molar-refractivity contribution in [3.05, 3.63) is 48.5 Å². The minimum Gasteiger partial charge on any atom is -0.453 e. The number of ether oxygens (including phenoxy) is 1. The van der Waals surface area contributed by atoms with E-state index in [1.807, 2.05) is 16.9 Å². The maximum absolute atomic E-state index is 14.8. The third-order valence-corrected chi connectivity index (χ3v) is 8.11. The Labute approximate surface area is 229 Å². The average Bonchev–Trinajstić information content (AvgIpc) is 3.42. The zero-order chi connectivity index (χ0) is 26.8. The highest BCUT2D eigenvalue weighted by Gasteiger charge is 2.23. The van der Waals surface area contributed by atoms with Crippen LogP contribution in [-0.2, 0) is 6.54 Å². The number of thiophene rings is 1. The summed E-state index contributed by atoms with van der Waals surface area (Å²) in [7, 11) is 2.17. The van der Waals surface area contributed by atoms with Crippen molar-refractivity contribution in [3.63, 3.8) is 0 Å². The summed E-state index contributed by atoms with van der Waals surface area (Å²) in [6.45, 7) is 6.32. The lowest BCUT2D eigenvalue weighted by Gasteiger charge is -2.32. The second kappa shape index (κ2) is 11.2. The van der Waals surface area contributed by atoms with Crippen LogP contribution in [0.4, 0.5) is 14.9 Å². The molecule has 204 valence electrons. The number of benzene rings is 1. The quantitative estimate of drug-likeness (QED) is 0.319. The highest BCUT2D eigenvalue weighted by Crippen LogP contribution is 2.39. The number of amides is 2. The molecule has 2 amide bonds. The Hall–Kier alpha value is -3.61. The van der Waals surface area contributed by atoms with Gasteiger partial charge in [-0.15, -0.1) is 16.4 Å². The Balaban J connectivity index is 1.10. The van der Waals surface area contributed by atoms with Crippen molar-refractivity contribution in [2.45, 2.75) is 31.8 Å². The molecule has 1 aliphatic heterocycles. The molecule has 0 unspecified atom stereocenters. The van der Waals surface area contributed by atoms with Crippen molar-refractivity contribution >= 4 is 33.3 Å². The number of carbonyl (C=O) groups is 1. The molecular formula is C27H31FN8O2S. The second-order valence-corrected chi connectivity index (χ2v) is 11.2. The number of fused-ring (bicyclic) bond motifs is 1. The lowest BCUT2D eigenvalue weighted by Crippen LogP contribution is -2.44. The average molecular weight is 551 g/mol. The van der Waals surface area contributed by atoms with Crippen LogP contribution in [0.25, 0.3) is 20.8 Å². The summed E-state index contributed by atoms with van der Waals surface area (Å²) in [4.78, 5) is 22.2. The van der Waals surface area contributed by atoms with Crippen LogP contribution >= 0.6 is 11.3 Å². The van der Waals surface area contributed by atoms with Crippen LogP contribution in [0.15, 0.2) is 42.7 Å². The van der Waals surface area contributed by atoms with Crippen LogP contribution in [0.3, 0.4) is 0 Å². The number of piperazine rings is 1. The van der Waals surface area contributed by atoms with E-state index in [9.17, 15) is 9.18 Å². The number of rotatable bonds is 9. The Kier molecular flexibility index (Phi) is 7.40. The number of aromatic nitrogens is 4. The predicted molar refractivity (Wildman–Crippen MR) is 149 cm³/mol. The maximum atomic E-state index is 14.8. The molecule has 10 nitrogen and oxygen atoms in total. The number of urea groups is 1. The van der Waals surface area contributed by atoms with E-state index in [0.717, 1.165) is 79.3 Å². The largest absolute Gasteiger partial charge is 0.453 e. The summed E-state index contributed by atoms with van der Waals surface area (Å²) in [5.74, 6) is -0.000666. The first-order valence-electron chi connectivity index (χ1n) is 13.2. The third kappa shape index (κ3) is 6.35. The fourth-order valence-electron chi connectivity index (χ4n) is 4.53. The first-order chi connectivity index (χ1) is 19.0. The lowest BCUT2D eigenvalue weighted by atomic mass is 10.3. The monoisotopic (exact) mass is 550 g/mol. The normalized spacial score (nSPS) is 16.5. The van der Waals surface area contributed by atoms with Gasteiger partial charge >= 0.3 is 6.03 Å². The zero-order valence-corrected chi connectivity index (χ0v) is 22.6. The van der Waals surface area contributed by atoms with Gasteiger partial charge in [0.15, 0.2) is 11.6 Å². The highest BCUT2D eigenvalue weighted by atomic mass is 32.1. The van der Waals surface area contributed by atoms with Gasteiger partial charge in [0.05, 0.1) is 21.3 Å². The summed E-state index contributed by atoms with van der Waals surface area (Å²) in [5.41, 5.74) is 1.88. The standard InChI is InChI=1S/C27H31FN8O2S/c1-34-11-13-35(14-12-34)9-2-10-36-17-22(32-33-36)25-16-21-26(39-25)24(7-8-29-21)38-23-6-5-19(15-20(23)28)31-27(37)30-18-3-4-18/h5-8,15-18H,2-4,9-14H2,1H3,(H2,30,31,37). The summed E-state index contributed by atoms with van der Waals surface area (Å²) < 4.78 is 23.5. The number of aryl methyl sites for hydroxylation is 1. The van der Waals surface area contributed by atoms with Crippen LogP contribution in [0.1, 0.15) is 19.3 Å². The molecule has 12 heteroatoms.